The number of amides is 1. The summed E-state index contributed by atoms with van der Waals surface area (Å²) in [5.74, 6) is -0.552. The number of anilines is 1. The Labute approximate surface area is 252 Å². The van der Waals surface area contributed by atoms with Crippen LogP contribution < -0.4 is 10.0 Å². The molecule has 0 aliphatic heterocycles. The Morgan fingerprint density at radius 3 is 2.64 bits per heavy atom. The van der Waals surface area contributed by atoms with Gasteiger partial charge in [0.1, 0.15) is 5.82 Å². The highest BCUT2D eigenvalue weighted by atomic mass is 32.2. The molecule has 11 nitrogen and oxygen atoms in total. The van der Waals surface area contributed by atoms with Gasteiger partial charge in [-0.05, 0) is 54.4 Å². The molecule has 5 heterocycles. The molecule has 5 aromatic heterocycles. The number of nitrogens with one attached hydrogen (secondary N) is 4. The number of pyridine rings is 3. The van der Waals surface area contributed by atoms with Crippen LogP contribution in [0.1, 0.15) is 31.7 Å². The van der Waals surface area contributed by atoms with Crippen LogP contribution in [-0.4, -0.2) is 50.7 Å². The molecule has 0 saturated carbocycles. The summed E-state index contributed by atoms with van der Waals surface area (Å²) in [6.45, 7) is 2.00. The second kappa shape index (κ2) is 11.9. The molecule has 44 heavy (non-hydrogen) atoms. The summed E-state index contributed by atoms with van der Waals surface area (Å²) in [7, 11) is -3.45. The number of rotatable bonds is 10. The first-order valence-corrected chi connectivity index (χ1v) is 15.9. The molecule has 13 heteroatoms. The number of H-pyrrole nitrogens is 2. The van der Waals surface area contributed by atoms with Gasteiger partial charge in [-0.2, -0.15) is 5.10 Å². The predicted molar refractivity (Wildman–Crippen MR) is 167 cm³/mol. The Morgan fingerprint density at radius 1 is 0.977 bits per heavy atom. The molecule has 0 atom stereocenters. The summed E-state index contributed by atoms with van der Waals surface area (Å²) in [4.78, 5) is 29.0. The van der Waals surface area contributed by atoms with Crippen LogP contribution in [0.4, 0.5) is 10.1 Å². The quantitative estimate of drug-likeness (QED) is 0.158. The van der Waals surface area contributed by atoms with E-state index in [-0.39, 0.29) is 12.5 Å². The van der Waals surface area contributed by atoms with Crippen molar-refractivity contribution in [2.24, 2.45) is 0 Å². The van der Waals surface area contributed by atoms with Crippen molar-refractivity contribution in [1.82, 2.24) is 34.9 Å². The molecule has 224 valence electrons. The van der Waals surface area contributed by atoms with E-state index < -0.39 is 15.8 Å². The van der Waals surface area contributed by atoms with Gasteiger partial charge in [0.25, 0.3) is 0 Å². The minimum absolute atomic E-state index is 0.0446. The van der Waals surface area contributed by atoms with E-state index in [1.165, 1.54) is 12.1 Å². The Kier molecular flexibility index (Phi) is 7.89. The van der Waals surface area contributed by atoms with Crippen molar-refractivity contribution < 1.29 is 17.6 Å². The van der Waals surface area contributed by atoms with Gasteiger partial charge < -0.3 is 10.3 Å². The van der Waals surface area contributed by atoms with Crippen molar-refractivity contribution in [3.63, 3.8) is 0 Å². The molecule has 0 aliphatic rings. The predicted octanol–water partition coefficient (Wildman–Crippen LogP) is 5.55. The van der Waals surface area contributed by atoms with Gasteiger partial charge in [-0.3, -0.25) is 19.9 Å². The summed E-state index contributed by atoms with van der Waals surface area (Å²) in [6, 6.07) is 11.9. The zero-order valence-corrected chi connectivity index (χ0v) is 24.8. The number of hydrogen-bond acceptors (Lipinski definition) is 7. The number of nitrogens with zero attached hydrogens (tertiary/aromatic N) is 4. The smallest absolute Gasteiger partial charge is 0.224 e. The van der Waals surface area contributed by atoms with Crippen molar-refractivity contribution >= 4 is 43.6 Å². The van der Waals surface area contributed by atoms with Crippen LogP contribution in [0.3, 0.4) is 0 Å². The summed E-state index contributed by atoms with van der Waals surface area (Å²) >= 11 is 0. The van der Waals surface area contributed by atoms with Crippen LogP contribution >= 0.6 is 0 Å². The Bertz CT molecular complexity index is 2120. The van der Waals surface area contributed by atoms with Crippen molar-refractivity contribution in [3.8, 4) is 33.8 Å². The lowest BCUT2D eigenvalue weighted by Crippen LogP contribution is -2.21. The Balaban J connectivity index is 1.35. The molecule has 0 bridgehead atoms. The SMILES string of the molecule is CCCCC(=O)Nc1cncc(-c2cnc3n[nH]c(-c4cc5c(-c6cc(F)cc(CNS(C)(=O)=O)c6)nccc5[nH]4)c3c2)c1. The summed E-state index contributed by atoms with van der Waals surface area (Å²) in [6.07, 6.45) is 9.93. The number of benzene rings is 1. The molecule has 0 spiro atoms. The fourth-order valence-corrected chi connectivity index (χ4v) is 5.44. The second-order valence-corrected chi connectivity index (χ2v) is 12.4. The monoisotopic (exact) mass is 612 g/mol. The van der Waals surface area contributed by atoms with Gasteiger partial charge in [-0.1, -0.05) is 13.3 Å². The average Bonchev–Trinajstić information content (AvgIpc) is 3.62. The lowest BCUT2D eigenvalue weighted by Gasteiger charge is -2.08. The lowest BCUT2D eigenvalue weighted by molar-refractivity contribution is -0.116. The average molecular weight is 613 g/mol. The number of aromatic amines is 2. The number of aromatic nitrogens is 6. The fourth-order valence-electron chi connectivity index (χ4n) is 5.01. The van der Waals surface area contributed by atoms with Crippen LogP contribution in [0.25, 0.3) is 55.7 Å². The maximum atomic E-state index is 14.6. The van der Waals surface area contributed by atoms with Crippen LogP contribution in [0.15, 0.2) is 67.3 Å². The van der Waals surface area contributed by atoms with Gasteiger partial charge in [0.05, 0.1) is 35.2 Å². The van der Waals surface area contributed by atoms with E-state index in [1.807, 2.05) is 31.2 Å². The Morgan fingerprint density at radius 2 is 1.82 bits per heavy atom. The first-order valence-electron chi connectivity index (χ1n) is 14.0. The third-order valence-corrected chi connectivity index (χ3v) is 7.78. The summed E-state index contributed by atoms with van der Waals surface area (Å²) < 4.78 is 40.1. The van der Waals surface area contributed by atoms with Gasteiger partial charge >= 0.3 is 0 Å². The lowest BCUT2D eigenvalue weighted by atomic mass is 10.0. The number of fused-ring (bicyclic) bond motifs is 2. The molecular formula is C31H29FN8O3S. The van der Waals surface area contributed by atoms with Crippen LogP contribution in [0.5, 0.6) is 0 Å². The number of sulfonamides is 1. The first-order chi connectivity index (χ1) is 21.2. The summed E-state index contributed by atoms with van der Waals surface area (Å²) in [5.41, 5.74) is 6.43. The standard InChI is InChI=1S/C31H29FN8O3S/c1-3-4-5-28(41)37-23-11-20(15-33-17-23)21-12-25-30(39-40-31(25)35-16-21)27-13-24-26(38-27)6-7-34-29(24)19-8-18(9-22(32)10-19)14-36-44(2,42)43/h6-13,15-17,36,38H,3-5,14H2,1-2H3,(H,37,41)(H,35,39,40). The molecule has 0 radical (unpaired) electrons. The molecule has 0 aliphatic carbocycles. The van der Waals surface area contributed by atoms with Crippen molar-refractivity contribution in [1.29, 1.82) is 0 Å². The van der Waals surface area contributed by atoms with Crippen molar-refractivity contribution in [2.75, 3.05) is 11.6 Å². The van der Waals surface area contributed by atoms with Gasteiger partial charge in [0.15, 0.2) is 5.65 Å². The van der Waals surface area contributed by atoms with Crippen molar-refractivity contribution in [3.05, 3.63) is 78.6 Å². The maximum Gasteiger partial charge on any atom is 0.224 e. The highest BCUT2D eigenvalue weighted by Gasteiger charge is 2.17. The molecule has 6 rings (SSSR count). The van der Waals surface area contributed by atoms with Crippen LogP contribution in [0.2, 0.25) is 0 Å². The molecule has 0 unspecified atom stereocenters. The van der Waals surface area contributed by atoms with Gasteiger partial charge in [-0.15, -0.1) is 0 Å². The van der Waals surface area contributed by atoms with Gasteiger partial charge in [0.2, 0.25) is 15.9 Å². The largest absolute Gasteiger partial charge is 0.353 e. The number of halogens is 1. The van der Waals surface area contributed by atoms with Crippen LogP contribution in [-0.2, 0) is 21.4 Å². The van der Waals surface area contributed by atoms with Crippen LogP contribution in [0, 0.1) is 5.82 Å². The normalized spacial score (nSPS) is 11.8. The second-order valence-electron chi connectivity index (χ2n) is 10.6. The molecule has 6 aromatic rings. The third-order valence-electron chi connectivity index (χ3n) is 7.11. The molecule has 0 saturated heterocycles. The number of carbonyl (C=O) groups excluding carboxylic acids is 1. The van der Waals surface area contributed by atoms with E-state index >= 15 is 0 Å². The molecule has 4 N–H and O–H groups in total. The third kappa shape index (κ3) is 6.33. The number of carbonyl (C=O) groups is 1. The first kappa shape index (κ1) is 29.1. The zero-order valence-electron chi connectivity index (χ0n) is 24.0. The van der Waals surface area contributed by atoms with Gasteiger partial charge in [0, 0.05) is 64.5 Å². The van der Waals surface area contributed by atoms with Gasteiger partial charge in [-0.25, -0.2) is 22.5 Å². The van der Waals surface area contributed by atoms with E-state index in [0.29, 0.717) is 40.3 Å². The van der Waals surface area contributed by atoms with E-state index in [9.17, 15) is 17.6 Å². The zero-order chi connectivity index (χ0) is 30.8. The molecule has 0 fully saturated rings. The summed E-state index contributed by atoms with van der Waals surface area (Å²) in [5, 5.41) is 11.9. The van der Waals surface area contributed by atoms with Crippen molar-refractivity contribution in [2.45, 2.75) is 32.7 Å². The van der Waals surface area contributed by atoms with E-state index in [0.717, 1.165) is 52.2 Å². The molecule has 1 amide bonds. The molecular weight excluding hydrogens is 583 g/mol. The topological polar surface area (TPSA) is 158 Å². The minimum Gasteiger partial charge on any atom is -0.353 e. The minimum atomic E-state index is -3.45. The Hall–Kier alpha value is -5.01. The van der Waals surface area contributed by atoms with E-state index in [2.05, 4.69) is 40.2 Å². The number of unbranched alkanes of at least 4 members (excludes halogenated alkanes) is 1. The number of hydrogen-bond donors (Lipinski definition) is 4. The highest BCUT2D eigenvalue weighted by molar-refractivity contribution is 7.88. The van der Waals surface area contributed by atoms with E-state index in [4.69, 9.17) is 0 Å². The maximum absolute atomic E-state index is 14.6. The van der Waals surface area contributed by atoms with E-state index in [1.54, 1.807) is 30.9 Å². The fraction of sp³-hybridized carbons (Fsp3) is 0.194. The highest BCUT2D eigenvalue weighted by Crippen LogP contribution is 2.34. The molecule has 1 aromatic carbocycles.